The van der Waals surface area contributed by atoms with Gasteiger partial charge in [-0.1, -0.05) is 176 Å². The van der Waals surface area contributed by atoms with Gasteiger partial charge < -0.3 is 4.42 Å². The Morgan fingerprint density at radius 2 is 0.830 bits per heavy atom. The van der Waals surface area contributed by atoms with Gasteiger partial charge in [0.25, 0.3) is 0 Å². The van der Waals surface area contributed by atoms with Crippen molar-refractivity contribution in [1.82, 2.24) is 0 Å². The standard InChI is InChI=1S/C52H32O/c1-2-14-34(15-3-1)38-29-30-44(40-18-7-6-17-39(38)40)50-42-20-8-9-21-43(42)51(47-23-12-22-46-41-19-10-11-24-49(41)53-52(46)47)48-32-37(27-28-45(48)50)36-26-25-33-13-4-5-16-35(33)31-36/h1-32H. The number of furan rings is 1. The Morgan fingerprint density at radius 1 is 0.264 bits per heavy atom. The van der Waals surface area contributed by atoms with E-state index < -0.39 is 0 Å². The predicted octanol–water partition coefficient (Wildman–Crippen LogP) is 14.9. The smallest absolute Gasteiger partial charge is 0.143 e. The highest BCUT2D eigenvalue weighted by Crippen LogP contribution is 2.49. The van der Waals surface area contributed by atoms with Gasteiger partial charge in [-0.15, -0.1) is 0 Å². The predicted molar refractivity (Wildman–Crippen MR) is 225 cm³/mol. The molecule has 0 spiro atoms. The molecule has 0 saturated carbocycles. The molecule has 0 aliphatic rings. The summed E-state index contributed by atoms with van der Waals surface area (Å²) in [6.07, 6.45) is 0. The lowest BCUT2D eigenvalue weighted by Gasteiger charge is -2.20. The third kappa shape index (κ3) is 4.64. The third-order valence-corrected chi connectivity index (χ3v) is 11.1. The van der Waals surface area contributed by atoms with Crippen molar-refractivity contribution >= 4 is 65.0 Å². The highest BCUT2D eigenvalue weighted by atomic mass is 16.3. The number of rotatable bonds is 4. The zero-order chi connectivity index (χ0) is 34.9. The maximum absolute atomic E-state index is 6.73. The summed E-state index contributed by atoms with van der Waals surface area (Å²) >= 11 is 0. The molecule has 0 amide bonds. The van der Waals surface area contributed by atoms with Crippen LogP contribution in [0.5, 0.6) is 0 Å². The molecule has 1 nitrogen and oxygen atoms in total. The number of benzene rings is 10. The van der Waals surface area contributed by atoms with Crippen LogP contribution in [0, 0.1) is 0 Å². The first-order valence-electron chi connectivity index (χ1n) is 18.3. The summed E-state index contributed by atoms with van der Waals surface area (Å²) in [5, 5.41) is 12.1. The van der Waals surface area contributed by atoms with Gasteiger partial charge >= 0.3 is 0 Å². The molecule has 10 aromatic carbocycles. The lowest BCUT2D eigenvalue weighted by molar-refractivity contribution is 0.670. The molecular formula is C52H32O. The van der Waals surface area contributed by atoms with E-state index in [1.165, 1.54) is 82.0 Å². The molecule has 0 unspecified atom stereocenters. The van der Waals surface area contributed by atoms with E-state index in [0.29, 0.717) is 0 Å². The Bertz CT molecular complexity index is 3220. The lowest BCUT2D eigenvalue weighted by Crippen LogP contribution is -1.93. The minimum absolute atomic E-state index is 0.905. The van der Waals surface area contributed by atoms with Gasteiger partial charge in [-0.05, 0) is 94.7 Å². The van der Waals surface area contributed by atoms with E-state index in [-0.39, 0.29) is 0 Å². The van der Waals surface area contributed by atoms with E-state index in [1.807, 2.05) is 6.07 Å². The van der Waals surface area contributed by atoms with Crippen LogP contribution in [0.3, 0.4) is 0 Å². The fourth-order valence-electron chi connectivity index (χ4n) is 8.64. The molecule has 1 heteroatoms. The lowest BCUT2D eigenvalue weighted by atomic mass is 9.82. The molecule has 0 atom stereocenters. The Kier molecular flexibility index (Phi) is 6.62. The monoisotopic (exact) mass is 672 g/mol. The molecule has 53 heavy (non-hydrogen) atoms. The third-order valence-electron chi connectivity index (χ3n) is 11.1. The Labute approximate surface area is 307 Å². The second-order valence-electron chi connectivity index (χ2n) is 14.0. The van der Waals surface area contributed by atoms with Crippen LogP contribution in [0.1, 0.15) is 0 Å². The van der Waals surface area contributed by atoms with Crippen LogP contribution in [0.15, 0.2) is 199 Å². The largest absolute Gasteiger partial charge is 0.455 e. The van der Waals surface area contributed by atoms with Crippen molar-refractivity contribution in [1.29, 1.82) is 0 Å². The van der Waals surface area contributed by atoms with Crippen LogP contribution in [0.4, 0.5) is 0 Å². The Hall–Kier alpha value is -6.96. The fourth-order valence-corrected chi connectivity index (χ4v) is 8.64. The van der Waals surface area contributed by atoms with Crippen LogP contribution in [-0.2, 0) is 0 Å². The van der Waals surface area contributed by atoms with Crippen molar-refractivity contribution in [3.05, 3.63) is 194 Å². The van der Waals surface area contributed by atoms with Gasteiger partial charge in [-0.2, -0.15) is 0 Å². The van der Waals surface area contributed by atoms with Gasteiger partial charge in [-0.3, -0.25) is 0 Å². The van der Waals surface area contributed by atoms with Crippen LogP contribution < -0.4 is 0 Å². The molecular weight excluding hydrogens is 641 g/mol. The minimum atomic E-state index is 0.905. The van der Waals surface area contributed by atoms with E-state index in [2.05, 4.69) is 188 Å². The first kappa shape index (κ1) is 29.7. The summed E-state index contributed by atoms with van der Waals surface area (Å²) in [5.41, 5.74) is 11.4. The quantitative estimate of drug-likeness (QED) is 0.170. The summed E-state index contributed by atoms with van der Waals surface area (Å²) in [6, 6.07) is 70.6. The van der Waals surface area contributed by atoms with Crippen LogP contribution >= 0.6 is 0 Å². The number of fused-ring (bicyclic) bond motifs is 7. The molecule has 1 aromatic heterocycles. The van der Waals surface area contributed by atoms with E-state index in [1.54, 1.807) is 0 Å². The maximum atomic E-state index is 6.73. The highest BCUT2D eigenvalue weighted by Gasteiger charge is 2.22. The SMILES string of the molecule is c1ccc(-c2ccc(-c3c4ccccc4c(-c4cccc5c4oc4ccccc45)c4cc(-c5ccc6ccccc6c5)ccc34)c3ccccc23)cc1. The topological polar surface area (TPSA) is 13.1 Å². The molecule has 0 aliphatic carbocycles. The minimum Gasteiger partial charge on any atom is -0.455 e. The van der Waals surface area contributed by atoms with Gasteiger partial charge in [0.15, 0.2) is 0 Å². The van der Waals surface area contributed by atoms with E-state index >= 15 is 0 Å². The van der Waals surface area contributed by atoms with Crippen LogP contribution in [0.25, 0.3) is 110 Å². The average molecular weight is 673 g/mol. The van der Waals surface area contributed by atoms with Crippen molar-refractivity contribution in [3.63, 3.8) is 0 Å². The number of hydrogen-bond acceptors (Lipinski definition) is 1. The molecule has 0 radical (unpaired) electrons. The molecule has 0 bridgehead atoms. The van der Waals surface area contributed by atoms with Gasteiger partial charge in [0.2, 0.25) is 0 Å². The van der Waals surface area contributed by atoms with Crippen molar-refractivity contribution in [2.75, 3.05) is 0 Å². The highest BCUT2D eigenvalue weighted by molar-refractivity contribution is 6.26. The zero-order valence-electron chi connectivity index (χ0n) is 28.9. The van der Waals surface area contributed by atoms with Crippen LogP contribution in [-0.4, -0.2) is 0 Å². The summed E-state index contributed by atoms with van der Waals surface area (Å²) in [5.74, 6) is 0. The Morgan fingerprint density at radius 3 is 1.64 bits per heavy atom. The second kappa shape index (κ2) is 11.8. The zero-order valence-corrected chi connectivity index (χ0v) is 28.9. The first-order valence-corrected chi connectivity index (χ1v) is 18.3. The molecule has 0 N–H and O–H groups in total. The maximum Gasteiger partial charge on any atom is 0.143 e. The van der Waals surface area contributed by atoms with Crippen molar-refractivity contribution in [3.8, 4) is 44.5 Å². The van der Waals surface area contributed by atoms with E-state index in [0.717, 1.165) is 27.5 Å². The van der Waals surface area contributed by atoms with E-state index in [4.69, 9.17) is 4.42 Å². The molecule has 1 heterocycles. The molecule has 0 saturated heterocycles. The van der Waals surface area contributed by atoms with Crippen molar-refractivity contribution in [2.24, 2.45) is 0 Å². The molecule has 11 rings (SSSR count). The molecule has 246 valence electrons. The Balaban J connectivity index is 1.27. The normalized spacial score (nSPS) is 11.8. The molecule has 0 fully saturated rings. The van der Waals surface area contributed by atoms with Gasteiger partial charge in [-0.25, -0.2) is 0 Å². The van der Waals surface area contributed by atoms with Gasteiger partial charge in [0.05, 0.1) is 0 Å². The molecule has 11 aromatic rings. The number of para-hydroxylation sites is 2. The van der Waals surface area contributed by atoms with Crippen molar-refractivity contribution in [2.45, 2.75) is 0 Å². The van der Waals surface area contributed by atoms with Crippen molar-refractivity contribution < 1.29 is 4.42 Å². The second-order valence-corrected chi connectivity index (χ2v) is 14.0. The van der Waals surface area contributed by atoms with Crippen LogP contribution in [0.2, 0.25) is 0 Å². The summed E-state index contributed by atoms with van der Waals surface area (Å²) in [4.78, 5) is 0. The number of hydrogen-bond donors (Lipinski definition) is 0. The van der Waals surface area contributed by atoms with Gasteiger partial charge in [0.1, 0.15) is 11.2 Å². The first-order chi connectivity index (χ1) is 26.3. The fraction of sp³-hybridized carbons (Fsp3) is 0. The van der Waals surface area contributed by atoms with E-state index in [9.17, 15) is 0 Å². The summed E-state index contributed by atoms with van der Waals surface area (Å²) in [6.45, 7) is 0. The molecule has 0 aliphatic heterocycles. The average Bonchev–Trinajstić information content (AvgIpc) is 3.62. The van der Waals surface area contributed by atoms with Gasteiger partial charge in [0, 0.05) is 21.9 Å². The summed E-state index contributed by atoms with van der Waals surface area (Å²) < 4.78 is 6.73. The summed E-state index contributed by atoms with van der Waals surface area (Å²) in [7, 11) is 0.